The van der Waals surface area contributed by atoms with Gasteiger partial charge in [-0.05, 0) is 36.4 Å². The molecule has 3 aromatic carbocycles. The minimum atomic E-state index is -4.63. The van der Waals surface area contributed by atoms with Crippen LogP contribution in [0.25, 0.3) is 0 Å². The lowest BCUT2D eigenvalue weighted by Gasteiger charge is -2.23. The SMILES string of the molecule is O=C(NC(Nc1ccccc1C(F)(F)F)C(=O)c1ccccc1)c1ccc(Cl)cc1. The molecule has 2 N–H and O–H groups in total. The van der Waals surface area contributed by atoms with E-state index in [1.807, 2.05) is 0 Å². The van der Waals surface area contributed by atoms with Crippen LogP contribution >= 0.6 is 11.6 Å². The van der Waals surface area contributed by atoms with Gasteiger partial charge >= 0.3 is 6.18 Å². The molecule has 3 rings (SSSR count). The van der Waals surface area contributed by atoms with Gasteiger partial charge in [-0.2, -0.15) is 13.2 Å². The van der Waals surface area contributed by atoms with Crippen LogP contribution in [0.1, 0.15) is 26.3 Å². The van der Waals surface area contributed by atoms with Crippen LogP contribution in [0.5, 0.6) is 0 Å². The molecule has 0 heterocycles. The van der Waals surface area contributed by atoms with E-state index in [1.54, 1.807) is 18.2 Å². The molecule has 4 nitrogen and oxygen atoms in total. The van der Waals surface area contributed by atoms with Crippen LogP contribution in [-0.4, -0.2) is 17.9 Å². The van der Waals surface area contributed by atoms with E-state index >= 15 is 0 Å². The van der Waals surface area contributed by atoms with Gasteiger partial charge in [-0.1, -0.05) is 54.1 Å². The molecule has 0 aromatic heterocycles. The van der Waals surface area contributed by atoms with Crippen LogP contribution in [0.4, 0.5) is 18.9 Å². The lowest BCUT2D eigenvalue weighted by Crippen LogP contribution is -2.46. The van der Waals surface area contributed by atoms with E-state index in [4.69, 9.17) is 11.6 Å². The van der Waals surface area contributed by atoms with Crippen molar-refractivity contribution in [1.29, 1.82) is 0 Å². The van der Waals surface area contributed by atoms with Crippen molar-refractivity contribution in [3.63, 3.8) is 0 Å². The van der Waals surface area contributed by atoms with E-state index in [0.29, 0.717) is 5.02 Å². The fourth-order valence-electron chi connectivity index (χ4n) is 2.76. The molecule has 0 radical (unpaired) electrons. The summed E-state index contributed by atoms with van der Waals surface area (Å²) in [6.07, 6.45) is -6.07. The van der Waals surface area contributed by atoms with Gasteiger partial charge in [0.15, 0.2) is 6.17 Å². The number of carbonyl (C=O) groups is 2. The third kappa shape index (κ3) is 5.18. The summed E-state index contributed by atoms with van der Waals surface area (Å²) in [5, 5.41) is 5.42. The predicted molar refractivity (Wildman–Crippen MR) is 109 cm³/mol. The third-order valence-electron chi connectivity index (χ3n) is 4.23. The molecule has 3 aromatic rings. The second-order valence-corrected chi connectivity index (χ2v) is 6.77. The van der Waals surface area contributed by atoms with Crippen molar-refractivity contribution in [2.45, 2.75) is 12.3 Å². The molecule has 30 heavy (non-hydrogen) atoms. The molecule has 1 amide bonds. The smallest absolute Gasteiger partial charge is 0.358 e. The number of hydrogen-bond acceptors (Lipinski definition) is 3. The Morgan fingerprint density at radius 2 is 1.40 bits per heavy atom. The van der Waals surface area contributed by atoms with E-state index in [1.165, 1.54) is 54.6 Å². The second kappa shape index (κ2) is 9.00. The number of hydrogen-bond donors (Lipinski definition) is 2. The number of nitrogens with one attached hydrogen (secondary N) is 2. The van der Waals surface area contributed by atoms with Crippen LogP contribution in [0, 0.1) is 0 Å². The number of anilines is 1. The molecule has 0 aliphatic heterocycles. The number of rotatable bonds is 6. The van der Waals surface area contributed by atoms with Gasteiger partial charge in [0.05, 0.1) is 5.56 Å². The predicted octanol–water partition coefficient (Wildman–Crippen LogP) is 5.41. The fourth-order valence-corrected chi connectivity index (χ4v) is 2.89. The Balaban J connectivity index is 1.93. The number of alkyl halides is 3. The van der Waals surface area contributed by atoms with Crippen LogP contribution in [-0.2, 0) is 6.18 Å². The van der Waals surface area contributed by atoms with Crippen LogP contribution in [0.3, 0.4) is 0 Å². The largest absolute Gasteiger partial charge is 0.418 e. The maximum Gasteiger partial charge on any atom is 0.418 e. The molecule has 154 valence electrons. The van der Waals surface area contributed by atoms with Gasteiger partial charge in [0, 0.05) is 21.8 Å². The molecule has 1 atom stereocenters. The number of benzene rings is 3. The number of halogens is 4. The number of ketones is 1. The maximum atomic E-state index is 13.4. The monoisotopic (exact) mass is 432 g/mol. The first kappa shape index (κ1) is 21.4. The Labute approximate surface area is 175 Å². The van der Waals surface area contributed by atoms with Crippen molar-refractivity contribution >= 4 is 29.0 Å². The number of para-hydroxylation sites is 1. The van der Waals surface area contributed by atoms with Crippen molar-refractivity contribution in [3.05, 3.63) is 101 Å². The Kier molecular flexibility index (Phi) is 6.42. The van der Waals surface area contributed by atoms with Crippen LogP contribution in [0.15, 0.2) is 78.9 Å². The number of carbonyl (C=O) groups excluding carboxylic acids is 2. The number of Topliss-reactive ketones (excluding diaryl/α,β-unsaturated/α-hetero) is 1. The lowest BCUT2D eigenvalue weighted by molar-refractivity contribution is -0.137. The second-order valence-electron chi connectivity index (χ2n) is 6.33. The summed E-state index contributed by atoms with van der Waals surface area (Å²) in [4.78, 5) is 25.6. The van der Waals surface area contributed by atoms with E-state index in [2.05, 4.69) is 10.6 Å². The molecule has 0 fully saturated rings. The molecular formula is C22H16ClF3N2O2. The summed E-state index contributed by atoms with van der Waals surface area (Å²) >= 11 is 5.82. The van der Waals surface area contributed by atoms with Gasteiger partial charge in [-0.3, -0.25) is 9.59 Å². The zero-order chi connectivity index (χ0) is 21.7. The van der Waals surface area contributed by atoms with Gasteiger partial charge in [-0.15, -0.1) is 0 Å². The van der Waals surface area contributed by atoms with Crippen molar-refractivity contribution in [2.75, 3.05) is 5.32 Å². The lowest BCUT2D eigenvalue weighted by atomic mass is 10.1. The topological polar surface area (TPSA) is 58.2 Å². The van der Waals surface area contributed by atoms with Crippen molar-refractivity contribution in [3.8, 4) is 0 Å². The average Bonchev–Trinajstić information content (AvgIpc) is 2.73. The summed E-state index contributed by atoms with van der Waals surface area (Å²) < 4.78 is 40.1. The van der Waals surface area contributed by atoms with Crippen molar-refractivity contribution < 1.29 is 22.8 Å². The third-order valence-corrected chi connectivity index (χ3v) is 4.49. The summed E-state index contributed by atoms with van der Waals surface area (Å²) in [5.41, 5.74) is -0.834. The quantitative estimate of drug-likeness (QED) is 0.404. The van der Waals surface area contributed by atoms with Gasteiger partial charge in [0.25, 0.3) is 5.91 Å². The Bertz CT molecular complexity index is 1040. The first-order valence-electron chi connectivity index (χ1n) is 8.84. The molecule has 1 unspecified atom stereocenters. The fraction of sp³-hybridized carbons (Fsp3) is 0.0909. The first-order chi connectivity index (χ1) is 14.3. The number of amides is 1. The van der Waals surface area contributed by atoms with Crippen molar-refractivity contribution in [2.24, 2.45) is 0 Å². The van der Waals surface area contributed by atoms with Crippen LogP contribution < -0.4 is 10.6 Å². The molecule has 0 aliphatic rings. The van der Waals surface area contributed by atoms with Gasteiger partial charge in [0.2, 0.25) is 5.78 Å². The molecule has 0 aliphatic carbocycles. The van der Waals surface area contributed by atoms with E-state index in [9.17, 15) is 22.8 Å². The van der Waals surface area contributed by atoms with Crippen LogP contribution in [0.2, 0.25) is 5.02 Å². The summed E-state index contributed by atoms with van der Waals surface area (Å²) in [6.45, 7) is 0. The van der Waals surface area contributed by atoms with Gasteiger partial charge in [-0.25, -0.2) is 0 Å². The summed E-state index contributed by atoms with van der Waals surface area (Å²) in [6, 6.07) is 18.6. The molecule has 0 spiro atoms. The highest BCUT2D eigenvalue weighted by Gasteiger charge is 2.34. The minimum Gasteiger partial charge on any atom is -0.358 e. The highest BCUT2D eigenvalue weighted by molar-refractivity contribution is 6.30. The summed E-state index contributed by atoms with van der Waals surface area (Å²) in [7, 11) is 0. The normalized spacial score (nSPS) is 12.1. The Hall–Kier alpha value is -3.32. The van der Waals surface area contributed by atoms with E-state index < -0.39 is 29.6 Å². The van der Waals surface area contributed by atoms with Gasteiger partial charge < -0.3 is 10.6 Å². The molecular weight excluding hydrogens is 417 g/mol. The van der Waals surface area contributed by atoms with Crippen molar-refractivity contribution in [1.82, 2.24) is 5.32 Å². The molecule has 0 bridgehead atoms. The first-order valence-corrected chi connectivity index (χ1v) is 9.22. The van der Waals surface area contributed by atoms with Gasteiger partial charge in [0.1, 0.15) is 0 Å². The Morgan fingerprint density at radius 1 is 0.800 bits per heavy atom. The summed E-state index contributed by atoms with van der Waals surface area (Å²) in [5.74, 6) is -1.23. The highest BCUT2D eigenvalue weighted by Crippen LogP contribution is 2.34. The standard InChI is InChI=1S/C22H16ClF3N2O2/c23-16-12-10-15(11-13-16)21(30)28-20(19(29)14-6-2-1-3-7-14)27-18-9-5-4-8-17(18)22(24,25)26/h1-13,20,27H,(H,28,30). The zero-order valence-corrected chi connectivity index (χ0v) is 16.2. The Morgan fingerprint density at radius 3 is 2.03 bits per heavy atom. The average molecular weight is 433 g/mol. The zero-order valence-electron chi connectivity index (χ0n) is 15.4. The van der Waals surface area contributed by atoms with E-state index in [-0.39, 0.29) is 16.8 Å². The maximum absolute atomic E-state index is 13.4. The molecule has 0 saturated carbocycles. The molecule has 8 heteroatoms. The minimum absolute atomic E-state index is 0.205. The molecule has 0 saturated heterocycles. The van der Waals surface area contributed by atoms with E-state index in [0.717, 1.165) is 6.07 Å². The highest BCUT2D eigenvalue weighted by atomic mass is 35.5.